The molecule has 0 atom stereocenters. The van der Waals surface area contributed by atoms with Gasteiger partial charge in [-0.25, -0.2) is 0 Å². The van der Waals surface area contributed by atoms with Crippen LogP contribution >= 0.6 is 23.5 Å². The minimum atomic E-state index is -0.159. The van der Waals surface area contributed by atoms with E-state index in [4.69, 9.17) is 16.3 Å². The fourth-order valence-electron chi connectivity index (χ4n) is 3.24. The highest BCUT2D eigenvalue weighted by atomic mass is 35.5. The molecule has 0 aliphatic carbocycles. The van der Waals surface area contributed by atoms with E-state index in [1.54, 1.807) is 18.2 Å². The zero-order valence-electron chi connectivity index (χ0n) is 19.4. The molecule has 1 aromatic heterocycles. The smallest absolute Gasteiger partial charge is 0.261 e. The van der Waals surface area contributed by atoms with Gasteiger partial charge in [0.05, 0.1) is 12.3 Å². The lowest BCUT2D eigenvalue weighted by Crippen LogP contribution is -2.15. The van der Waals surface area contributed by atoms with E-state index in [9.17, 15) is 4.79 Å². The average molecular weight is 505 g/mol. The first kappa shape index (κ1) is 24.6. The third kappa shape index (κ3) is 6.97. The van der Waals surface area contributed by atoms with Gasteiger partial charge in [-0.05, 0) is 72.1 Å². The SMILES string of the molecule is CN(C)c1ccc(SNC(=O)c2ccc(-c3ccc(OCCc4ccc(Cl)cc4)nn3)cc2)cc1. The number of anilines is 1. The first-order chi connectivity index (χ1) is 17.0. The Morgan fingerprint density at radius 3 is 2.26 bits per heavy atom. The summed E-state index contributed by atoms with van der Waals surface area (Å²) in [6.45, 7) is 0.497. The lowest BCUT2D eigenvalue weighted by Gasteiger charge is -2.12. The predicted octanol–water partition coefficient (Wildman–Crippen LogP) is 5.92. The summed E-state index contributed by atoms with van der Waals surface area (Å²) >= 11 is 7.20. The standard InChI is InChI=1S/C27H25ClN4O2S/c1-32(2)23-11-13-24(14-12-23)35-31-27(33)21-7-5-20(6-8-21)25-15-16-26(30-29-25)34-18-17-19-3-9-22(28)10-4-19/h3-16H,17-18H2,1-2H3,(H,31,33). The molecule has 4 aromatic rings. The van der Waals surface area contributed by atoms with Crippen molar-refractivity contribution in [1.29, 1.82) is 0 Å². The molecule has 35 heavy (non-hydrogen) atoms. The van der Waals surface area contributed by atoms with Crippen LogP contribution in [0.3, 0.4) is 0 Å². The third-order valence-corrected chi connectivity index (χ3v) is 6.30. The number of carbonyl (C=O) groups is 1. The van der Waals surface area contributed by atoms with Gasteiger partial charge in [0.2, 0.25) is 5.88 Å². The van der Waals surface area contributed by atoms with Gasteiger partial charge in [0.25, 0.3) is 5.91 Å². The van der Waals surface area contributed by atoms with Crippen molar-refractivity contribution in [1.82, 2.24) is 14.9 Å². The summed E-state index contributed by atoms with van der Waals surface area (Å²) in [5.41, 5.74) is 4.40. The Labute approximate surface area is 214 Å². The van der Waals surface area contributed by atoms with Crippen molar-refractivity contribution in [2.45, 2.75) is 11.3 Å². The van der Waals surface area contributed by atoms with E-state index in [0.717, 1.165) is 33.2 Å². The van der Waals surface area contributed by atoms with Crippen molar-refractivity contribution in [3.8, 4) is 17.1 Å². The molecule has 0 unspecified atom stereocenters. The molecule has 0 aliphatic rings. The normalized spacial score (nSPS) is 10.6. The molecule has 0 aliphatic heterocycles. The fraction of sp³-hybridized carbons (Fsp3) is 0.148. The molecule has 0 fully saturated rings. The van der Waals surface area contributed by atoms with E-state index >= 15 is 0 Å². The fourth-order valence-corrected chi connectivity index (χ4v) is 3.97. The molecule has 178 valence electrons. The van der Waals surface area contributed by atoms with Crippen LogP contribution < -0.4 is 14.4 Å². The number of nitrogens with zero attached hydrogens (tertiary/aromatic N) is 3. The van der Waals surface area contributed by atoms with Crippen molar-refractivity contribution in [3.05, 3.63) is 101 Å². The molecule has 3 aromatic carbocycles. The van der Waals surface area contributed by atoms with Gasteiger partial charge in [0.15, 0.2) is 0 Å². The monoisotopic (exact) mass is 504 g/mol. The molecule has 4 rings (SSSR count). The van der Waals surface area contributed by atoms with Gasteiger partial charge in [0.1, 0.15) is 0 Å². The minimum absolute atomic E-state index is 0.159. The molecule has 1 amide bonds. The number of benzene rings is 3. The molecule has 1 N–H and O–H groups in total. The molecular weight excluding hydrogens is 480 g/mol. The van der Waals surface area contributed by atoms with E-state index in [1.807, 2.05) is 85.7 Å². The molecule has 6 nitrogen and oxygen atoms in total. The number of ether oxygens (including phenoxy) is 1. The highest BCUT2D eigenvalue weighted by molar-refractivity contribution is 7.98. The van der Waals surface area contributed by atoms with Crippen molar-refractivity contribution in [3.63, 3.8) is 0 Å². The van der Waals surface area contributed by atoms with Crippen LogP contribution in [0.4, 0.5) is 5.69 Å². The van der Waals surface area contributed by atoms with Crippen LogP contribution in [0.25, 0.3) is 11.3 Å². The second kappa shape index (κ2) is 11.7. The quantitative estimate of drug-likeness (QED) is 0.285. The number of aromatic nitrogens is 2. The highest BCUT2D eigenvalue weighted by Gasteiger charge is 2.08. The van der Waals surface area contributed by atoms with Crippen LogP contribution in [-0.2, 0) is 6.42 Å². The van der Waals surface area contributed by atoms with Gasteiger partial charge in [-0.1, -0.05) is 35.9 Å². The van der Waals surface area contributed by atoms with E-state index in [1.165, 1.54) is 11.9 Å². The summed E-state index contributed by atoms with van der Waals surface area (Å²) in [6, 6.07) is 26.6. The van der Waals surface area contributed by atoms with E-state index < -0.39 is 0 Å². The van der Waals surface area contributed by atoms with Gasteiger partial charge in [-0.15, -0.1) is 10.2 Å². The van der Waals surface area contributed by atoms with Gasteiger partial charge in [-0.3, -0.25) is 9.52 Å². The van der Waals surface area contributed by atoms with Crippen LogP contribution in [0, 0.1) is 0 Å². The van der Waals surface area contributed by atoms with Gasteiger partial charge >= 0.3 is 0 Å². The third-order valence-electron chi connectivity index (χ3n) is 5.25. The molecule has 0 saturated heterocycles. The van der Waals surface area contributed by atoms with Crippen LogP contribution in [0.5, 0.6) is 5.88 Å². The number of carbonyl (C=O) groups excluding carboxylic acids is 1. The number of hydrogen-bond acceptors (Lipinski definition) is 6. The Bertz CT molecular complexity index is 1250. The van der Waals surface area contributed by atoms with Gasteiger partial charge in [0, 0.05) is 53.3 Å². The first-order valence-corrected chi connectivity index (χ1v) is 12.2. The minimum Gasteiger partial charge on any atom is -0.476 e. The summed E-state index contributed by atoms with van der Waals surface area (Å²) in [7, 11) is 3.98. The second-order valence-electron chi connectivity index (χ2n) is 7.98. The van der Waals surface area contributed by atoms with Crippen molar-refractivity contribution < 1.29 is 9.53 Å². The molecule has 0 saturated carbocycles. The van der Waals surface area contributed by atoms with Crippen LogP contribution in [0.15, 0.2) is 89.8 Å². The molecule has 0 bridgehead atoms. The molecule has 0 spiro atoms. The molecule has 8 heteroatoms. The topological polar surface area (TPSA) is 67.4 Å². The Balaban J connectivity index is 1.28. The number of halogens is 1. The maximum atomic E-state index is 12.5. The summed E-state index contributed by atoms with van der Waals surface area (Å²) in [4.78, 5) is 15.5. The zero-order valence-corrected chi connectivity index (χ0v) is 21.0. The Kier molecular flexibility index (Phi) is 8.23. The summed E-state index contributed by atoms with van der Waals surface area (Å²) in [6.07, 6.45) is 0.754. The number of rotatable bonds is 9. The predicted molar refractivity (Wildman–Crippen MR) is 142 cm³/mol. The average Bonchev–Trinajstić information content (AvgIpc) is 2.89. The van der Waals surface area contributed by atoms with Crippen molar-refractivity contribution in [2.24, 2.45) is 0 Å². The van der Waals surface area contributed by atoms with E-state index in [0.29, 0.717) is 23.7 Å². The van der Waals surface area contributed by atoms with E-state index in [-0.39, 0.29) is 5.91 Å². The molecule has 1 heterocycles. The maximum Gasteiger partial charge on any atom is 0.261 e. The Morgan fingerprint density at radius 1 is 0.914 bits per heavy atom. The van der Waals surface area contributed by atoms with Crippen LogP contribution in [-0.4, -0.2) is 36.8 Å². The van der Waals surface area contributed by atoms with Crippen LogP contribution in [0.1, 0.15) is 15.9 Å². The Morgan fingerprint density at radius 2 is 1.63 bits per heavy atom. The van der Waals surface area contributed by atoms with Crippen LogP contribution in [0.2, 0.25) is 5.02 Å². The number of amides is 1. The lowest BCUT2D eigenvalue weighted by atomic mass is 10.1. The Hall–Kier alpha value is -3.55. The molecule has 0 radical (unpaired) electrons. The summed E-state index contributed by atoms with van der Waals surface area (Å²) in [5.74, 6) is 0.308. The zero-order chi connectivity index (χ0) is 24.6. The molecular formula is C27H25ClN4O2S. The lowest BCUT2D eigenvalue weighted by molar-refractivity contribution is 0.0984. The first-order valence-electron chi connectivity index (χ1n) is 11.0. The number of nitrogens with one attached hydrogen (secondary N) is 1. The second-order valence-corrected chi connectivity index (χ2v) is 9.30. The maximum absolute atomic E-state index is 12.5. The highest BCUT2D eigenvalue weighted by Crippen LogP contribution is 2.21. The van der Waals surface area contributed by atoms with E-state index in [2.05, 4.69) is 14.9 Å². The van der Waals surface area contributed by atoms with Gasteiger partial charge in [-0.2, -0.15) is 0 Å². The summed E-state index contributed by atoms with van der Waals surface area (Å²) in [5, 5.41) is 9.13. The van der Waals surface area contributed by atoms with Gasteiger partial charge < -0.3 is 9.64 Å². The van der Waals surface area contributed by atoms with Crippen molar-refractivity contribution in [2.75, 3.05) is 25.6 Å². The number of hydrogen-bond donors (Lipinski definition) is 1. The largest absolute Gasteiger partial charge is 0.476 e. The van der Waals surface area contributed by atoms with Crippen molar-refractivity contribution >= 4 is 35.1 Å². The summed E-state index contributed by atoms with van der Waals surface area (Å²) < 4.78 is 8.58.